The first-order valence-corrected chi connectivity index (χ1v) is 6.27. The third-order valence-corrected chi connectivity index (χ3v) is 3.59. The molecule has 0 amide bonds. The molecule has 1 aliphatic heterocycles. The molecule has 1 heterocycles. The number of hydrogen-bond acceptors (Lipinski definition) is 1. The molecule has 1 nitrogen and oxygen atoms in total. The highest BCUT2D eigenvalue weighted by atomic mass is 15.2. The second kappa shape index (κ2) is 5.31. The fourth-order valence-corrected chi connectivity index (χ4v) is 2.43. The highest BCUT2D eigenvalue weighted by molar-refractivity contribution is 5.47. The van der Waals surface area contributed by atoms with Gasteiger partial charge in [0, 0.05) is 6.04 Å². The maximum absolute atomic E-state index is 3.78. The van der Waals surface area contributed by atoms with E-state index in [-0.39, 0.29) is 0 Å². The SMILES string of the molecule is C=Cc1ccc(C(C)N2CCCCC2)cc1. The highest BCUT2D eigenvalue weighted by Gasteiger charge is 2.17. The lowest BCUT2D eigenvalue weighted by Crippen LogP contribution is -2.32. The molecule has 1 fully saturated rings. The quantitative estimate of drug-likeness (QED) is 0.739. The van der Waals surface area contributed by atoms with E-state index in [4.69, 9.17) is 0 Å². The maximum Gasteiger partial charge on any atom is 0.0319 e. The first-order valence-electron chi connectivity index (χ1n) is 6.27. The monoisotopic (exact) mass is 215 g/mol. The van der Waals surface area contributed by atoms with Crippen LogP contribution in [0.15, 0.2) is 30.8 Å². The minimum Gasteiger partial charge on any atom is -0.297 e. The van der Waals surface area contributed by atoms with Crippen LogP contribution in [0.3, 0.4) is 0 Å². The van der Waals surface area contributed by atoms with Crippen LogP contribution < -0.4 is 0 Å². The van der Waals surface area contributed by atoms with Crippen LogP contribution in [0.1, 0.15) is 43.4 Å². The van der Waals surface area contributed by atoms with E-state index in [0.29, 0.717) is 6.04 Å². The summed E-state index contributed by atoms with van der Waals surface area (Å²) in [4.78, 5) is 2.59. The van der Waals surface area contributed by atoms with Gasteiger partial charge in [0.25, 0.3) is 0 Å². The molecule has 16 heavy (non-hydrogen) atoms. The molecule has 1 aliphatic rings. The van der Waals surface area contributed by atoms with Crippen molar-refractivity contribution in [2.24, 2.45) is 0 Å². The normalized spacial score (nSPS) is 19.3. The van der Waals surface area contributed by atoms with Crippen LogP contribution in [0.2, 0.25) is 0 Å². The Morgan fingerprint density at radius 1 is 1.12 bits per heavy atom. The lowest BCUT2D eigenvalue weighted by Gasteiger charge is -2.32. The minimum absolute atomic E-state index is 0.555. The molecule has 0 saturated carbocycles. The van der Waals surface area contributed by atoms with Gasteiger partial charge in [0.2, 0.25) is 0 Å². The van der Waals surface area contributed by atoms with E-state index in [0.717, 1.165) is 0 Å². The topological polar surface area (TPSA) is 3.24 Å². The Morgan fingerprint density at radius 2 is 1.75 bits per heavy atom. The molecular formula is C15H21N. The predicted molar refractivity (Wildman–Crippen MR) is 70.4 cm³/mol. The summed E-state index contributed by atoms with van der Waals surface area (Å²) < 4.78 is 0. The van der Waals surface area contributed by atoms with E-state index >= 15 is 0 Å². The van der Waals surface area contributed by atoms with E-state index in [1.807, 2.05) is 6.08 Å². The predicted octanol–water partition coefficient (Wildman–Crippen LogP) is 3.88. The average molecular weight is 215 g/mol. The standard InChI is InChI=1S/C15H21N/c1-3-14-7-9-15(10-8-14)13(2)16-11-5-4-6-12-16/h3,7-10,13H,1,4-6,11-12H2,2H3. The molecule has 1 atom stereocenters. The van der Waals surface area contributed by atoms with Gasteiger partial charge in [0.1, 0.15) is 0 Å². The first-order chi connectivity index (χ1) is 7.81. The molecule has 0 bridgehead atoms. The Hall–Kier alpha value is -1.08. The second-order valence-electron chi connectivity index (χ2n) is 4.64. The highest BCUT2D eigenvalue weighted by Crippen LogP contribution is 2.24. The van der Waals surface area contributed by atoms with E-state index in [9.17, 15) is 0 Å². The molecule has 86 valence electrons. The van der Waals surface area contributed by atoms with Crippen LogP contribution in [-0.4, -0.2) is 18.0 Å². The van der Waals surface area contributed by atoms with Crippen molar-refractivity contribution in [1.29, 1.82) is 0 Å². The van der Waals surface area contributed by atoms with Crippen molar-refractivity contribution >= 4 is 6.08 Å². The van der Waals surface area contributed by atoms with E-state index in [2.05, 4.69) is 42.7 Å². The lowest BCUT2D eigenvalue weighted by atomic mass is 10.0. The van der Waals surface area contributed by atoms with E-state index in [1.165, 1.54) is 43.5 Å². The zero-order valence-corrected chi connectivity index (χ0v) is 10.2. The van der Waals surface area contributed by atoms with Crippen molar-refractivity contribution in [1.82, 2.24) is 4.90 Å². The van der Waals surface area contributed by atoms with Crippen molar-refractivity contribution in [3.63, 3.8) is 0 Å². The van der Waals surface area contributed by atoms with Gasteiger partial charge in [-0.05, 0) is 44.0 Å². The minimum atomic E-state index is 0.555. The van der Waals surface area contributed by atoms with Gasteiger partial charge < -0.3 is 0 Å². The van der Waals surface area contributed by atoms with Crippen molar-refractivity contribution in [2.75, 3.05) is 13.1 Å². The largest absolute Gasteiger partial charge is 0.297 e. The Bertz CT molecular complexity index is 333. The van der Waals surface area contributed by atoms with E-state index < -0.39 is 0 Å². The smallest absolute Gasteiger partial charge is 0.0319 e. The zero-order chi connectivity index (χ0) is 11.4. The Labute approximate surface area is 98.8 Å². The molecule has 1 unspecified atom stereocenters. The Kier molecular flexibility index (Phi) is 3.79. The summed E-state index contributed by atoms with van der Waals surface area (Å²) in [5, 5.41) is 0. The van der Waals surface area contributed by atoms with Gasteiger partial charge in [0.05, 0.1) is 0 Å². The van der Waals surface area contributed by atoms with Crippen LogP contribution >= 0.6 is 0 Å². The number of nitrogens with zero attached hydrogens (tertiary/aromatic N) is 1. The van der Waals surface area contributed by atoms with Crippen LogP contribution in [0.5, 0.6) is 0 Å². The fourth-order valence-electron chi connectivity index (χ4n) is 2.43. The summed E-state index contributed by atoms with van der Waals surface area (Å²) in [5.41, 5.74) is 2.63. The maximum atomic E-state index is 3.78. The number of piperidine rings is 1. The van der Waals surface area contributed by atoms with Crippen molar-refractivity contribution in [2.45, 2.75) is 32.2 Å². The van der Waals surface area contributed by atoms with Crippen LogP contribution in [0, 0.1) is 0 Å². The molecule has 0 radical (unpaired) electrons. The number of rotatable bonds is 3. The van der Waals surface area contributed by atoms with Gasteiger partial charge in [0.15, 0.2) is 0 Å². The molecule has 1 saturated heterocycles. The number of hydrogen-bond donors (Lipinski definition) is 0. The fraction of sp³-hybridized carbons (Fsp3) is 0.467. The van der Waals surface area contributed by atoms with Crippen LogP contribution in [-0.2, 0) is 0 Å². The van der Waals surface area contributed by atoms with Gasteiger partial charge >= 0.3 is 0 Å². The summed E-state index contributed by atoms with van der Waals surface area (Å²) in [6, 6.07) is 9.33. The summed E-state index contributed by atoms with van der Waals surface area (Å²) >= 11 is 0. The van der Waals surface area contributed by atoms with Crippen molar-refractivity contribution < 1.29 is 0 Å². The summed E-state index contributed by atoms with van der Waals surface area (Å²) in [6.45, 7) is 8.61. The molecule has 1 aromatic rings. The Morgan fingerprint density at radius 3 is 2.31 bits per heavy atom. The Balaban J connectivity index is 2.06. The molecule has 0 N–H and O–H groups in total. The molecule has 0 aliphatic carbocycles. The first kappa shape index (κ1) is 11.4. The van der Waals surface area contributed by atoms with Crippen LogP contribution in [0.25, 0.3) is 6.08 Å². The average Bonchev–Trinajstić information content (AvgIpc) is 2.39. The molecule has 0 spiro atoms. The molecule has 2 rings (SSSR count). The van der Waals surface area contributed by atoms with Crippen molar-refractivity contribution in [3.05, 3.63) is 42.0 Å². The van der Waals surface area contributed by atoms with Gasteiger partial charge in [-0.1, -0.05) is 43.3 Å². The van der Waals surface area contributed by atoms with Gasteiger partial charge in [-0.3, -0.25) is 4.90 Å². The number of benzene rings is 1. The lowest BCUT2D eigenvalue weighted by molar-refractivity contribution is 0.175. The van der Waals surface area contributed by atoms with Gasteiger partial charge in [-0.25, -0.2) is 0 Å². The summed E-state index contributed by atoms with van der Waals surface area (Å²) in [7, 11) is 0. The summed E-state index contributed by atoms with van der Waals surface area (Å²) in [5.74, 6) is 0. The molecule has 0 aromatic heterocycles. The van der Waals surface area contributed by atoms with Crippen LogP contribution in [0.4, 0.5) is 0 Å². The summed E-state index contributed by atoms with van der Waals surface area (Å²) in [6.07, 6.45) is 6.01. The number of likely N-dealkylation sites (tertiary alicyclic amines) is 1. The molecular weight excluding hydrogens is 194 g/mol. The van der Waals surface area contributed by atoms with Crippen molar-refractivity contribution in [3.8, 4) is 0 Å². The van der Waals surface area contributed by atoms with Gasteiger partial charge in [-0.15, -0.1) is 0 Å². The van der Waals surface area contributed by atoms with Gasteiger partial charge in [-0.2, -0.15) is 0 Å². The third-order valence-electron chi connectivity index (χ3n) is 3.59. The second-order valence-corrected chi connectivity index (χ2v) is 4.64. The molecule has 1 aromatic carbocycles. The van der Waals surface area contributed by atoms with E-state index in [1.54, 1.807) is 0 Å². The zero-order valence-electron chi connectivity index (χ0n) is 10.2. The molecule has 1 heteroatoms. The third kappa shape index (κ3) is 2.53.